The predicted molar refractivity (Wildman–Crippen MR) is 132 cm³/mol. The van der Waals surface area contributed by atoms with Gasteiger partial charge in [0.2, 0.25) is 5.88 Å². The molecule has 4 rings (SSSR count). The van der Waals surface area contributed by atoms with E-state index in [1.54, 1.807) is 6.92 Å². The number of alkyl halides is 3. The summed E-state index contributed by atoms with van der Waals surface area (Å²) in [5.74, 6) is -0.859. The Balaban J connectivity index is 1.50. The third-order valence-corrected chi connectivity index (χ3v) is 8.02. The lowest BCUT2D eigenvalue weighted by Crippen LogP contribution is -2.46. The molecule has 1 N–H and O–H groups in total. The zero-order valence-corrected chi connectivity index (χ0v) is 21.7. The minimum atomic E-state index is -4.63. The van der Waals surface area contributed by atoms with E-state index in [0.717, 1.165) is 12.1 Å². The van der Waals surface area contributed by atoms with Crippen molar-refractivity contribution in [2.24, 2.45) is 0 Å². The van der Waals surface area contributed by atoms with E-state index in [1.165, 1.54) is 30.7 Å². The van der Waals surface area contributed by atoms with E-state index in [1.807, 2.05) is 19.0 Å². The van der Waals surface area contributed by atoms with Crippen LogP contribution in [0.5, 0.6) is 5.88 Å². The molecule has 204 valence electrons. The molecule has 1 aromatic carbocycles. The van der Waals surface area contributed by atoms with Gasteiger partial charge in [-0.15, -0.1) is 0 Å². The molecule has 1 aliphatic rings. The monoisotopic (exact) mass is 553 g/mol. The highest BCUT2D eigenvalue weighted by atomic mass is 32.2. The van der Waals surface area contributed by atoms with Gasteiger partial charge in [0.1, 0.15) is 29.0 Å². The molecule has 0 unspecified atom stereocenters. The Morgan fingerprint density at radius 2 is 1.87 bits per heavy atom. The van der Waals surface area contributed by atoms with Crippen LogP contribution in [0.15, 0.2) is 53.8 Å². The molecular formula is C25H27F4N5O3S. The van der Waals surface area contributed by atoms with Gasteiger partial charge in [-0.25, -0.2) is 27.8 Å². The summed E-state index contributed by atoms with van der Waals surface area (Å²) in [6.45, 7) is 1.55. The molecule has 13 heteroatoms. The molecule has 2 aromatic heterocycles. The Bertz CT molecular complexity index is 1390. The number of likely N-dealkylation sites (N-methyl/N-ethyl adjacent to an activating group) is 1. The number of nitrogens with one attached hydrogen (secondary N) is 1. The van der Waals surface area contributed by atoms with Crippen molar-refractivity contribution in [3.05, 3.63) is 71.6 Å². The fraction of sp³-hybridized carbons (Fsp3) is 0.400. The second-order valence-corrected chi connectivity index (χ2v) is 11.1. The Hall–Kier alpha value is -3.32. The summed E-state index contributed by atoms with van der Waals surface area (Å²) in [6.07, 6.45) is -0.930. The number of anilines is 1. The van der Waals surface area contributed by atoms with E-state index >= 15 is 0 Å². The van der Waals surface area contributed by atoms with Crippen molar-refractivity contribution in [3.8, 4) is 5.88 Å². The van der Waals surface area contributed by atoms with Crippen LogP contribution in [0.3, 0.4) is 0 Å². The van der Waals surface area contributed by atoms with Crippen molar-refractivity contribution in [1.29, 1.82) is 0 Å². The van der Waals surface area contributed by atoms with Crippen LogP contribution in [0.2, 0.25) is 0 Å². The van der Waals surface area contributed by atoms with Gasteiger partial charge in [0.25, 0.3) is 10.0 Å². The highest BCUT2D eigenvalue weighted by Gasteiger charge is 2.37. The van der Waals surface area contributed by atoms with Gasteiger partial charge < -0.3 is 9.64 Å². The van der Waals surface area contributed by atoms with Crippen LogP contribution in [0.1, 0.15) is 42.0 Å². The van der Waals surface area contributed by atoms with Gasteiger partial charge in [-0.2, -0.15) is 13.2 Å². The molecule has 1 aliphatic carbocycles. The fourth-order valence-electron chi connectivity index (χ4n) is 4.69. The number of halogens is 4. The minimum Gasteiger partial charge on any atom is -0.473 e. The van der Waals surface area contributed by atoms with Crippen molar-refractivity contribution in [1.82, 2.24) is 19.9 Å². The summed E-state index contributed by atoms with van der Waals surface area (Å²) >= 11 is 0. The number of benzene rings is 1. The topological polar surface area (TPSA) is 97.3 Å². The van der Waals surface area contributed by atoms with E-state index in [2.05, 4.69) is 19.7 Å². The Morgan fingerprint density at radius 1 is 1.11 bits per heavy atom. The molecule has 0 aliphatic heterocycles. The number of hydrogen-bond donors (Lipinski definition) is 1. The van der Waals surface area contributed by atoms with Crippen molar-refractivity contribution >= 4 is 15.8 Å². The smallest absolute Gasteiger partial charge is 0.416 e. The molecule has 0 bridgehead atoms. The number of nitrogens with zero attached hydrogens (tertiary/aromatic N) is 4. The van der Waals surface area contributed by atoms with Gasteiger partial charge in [0.05, 0.1) is 11.3 Å². The van der Waals surface area contributed by atoms with Gasteiger partial charge in [0, 0.05) is 18.3 Å². The lowest BCUT2D eigenvalue weighted by Gasteiger charge is -2.39. The van der Waals surface area contributed by atoms with Crippen molar-refractivity contribution in [3.63, 3.8) is 0 Å². The molecule has 2 heterocycles. The van der Waals surface area contributed by atoms with E-state index in [0.29, 0.717) is 30.9 Å². The zero-order chi connectivity index (χ0) is 27.7. The van der Waals surface area contributed by atoms with Gasteiger partial charge in [-0.1, -0.05) is 0 Å². The van der Waals surface area contributed by atoms with Crippen LogP contribution < -0.4 is 9.46 Å². The van der Waals surface area contributed by atoms with Crippen LogP contribution >= 0.6 is 0 Å². The first-order chi connectivity index (χ1) is 17.8. The highest BCUT2D eigenvalue weighted by molar-refractivity contribution is 7.92. The summed E-state index contributed by atoms with van der Waals surface area (Å²) in [4.78, 5) is 13.8. The van der Waals surface area contributed by atoms with Crippen molar-refractivity contribution in [2.45, 2.75) is 55.3 Å². The summed E-state index contributed by atoms with van der Waals surface area (Å²) in [5, 5.41) is 0. The lowest BCUT2D eigenvalue weighted by molar-refractivity contribution is -0.137. The van der Waals surface area contributed by atoms with Crippen LogP contribution in [-0.4, -0.2) is 54.5 Å². The standard InChI is InChI=1S/C25H27F4N5O3S/c1-15-22(38(35,36)33-23-8-9-30-14-31-23)6-7-24(32-15)37-21-5-4-16(12-20(21)34(2)3)17-10-18(25(27,28)29)13-19(26)11-17/h6-11,13-14,16,20-21H,4-5,12H2,1-3H3,(H,30,31,33)/t16-,20-,21-/m0/s1. The molecule has 1 fully saturated rings. The number of ether oxygens (including phenoxy) is 1. The van der Waals surface area contributed by atoms with Crippen LogP contribution in [0, 0.1) is 12.7 Å². The molecule has 1 saturated carbocycles. The second kappa shape index (κ2) is 10.8. The first-order valence-electron chi connectivity index (χ1n) is 11.8. The van der Waals surface area contributed by atoms with E-state index in [9.17, 15) is 26.0 Å². The molecule has 0 saturated heterocycles. The molecule has 0 radical (unpaired) electrons. The van der Waals surface area contributed by atoms with E-state index in [4.69, 9.17) is 4.74 Å². The zero-order valence-electron chi connectivity index (χ0n) is 20.9. The van der Waals surface area contributed by atoms with E-state index in [-0.39, 0.29) is 40.4 Å². The normalized spacial score (nSPS) is 20.4. The van der Waals surface area contributed by atoms with Crippen molar-refractivity contribution < 1.29 is 30.7 Å². The maximum atomic E-state index is 14.0. The Morgan fingerprint density at radius 3 is 2.50 bits per heavy atom. The maximum absolute atomic E-state index is 14.0. The molecule has 38 heavy (non-hydrogen) atoms. The number of hydrogen-bond acceptors (Lipinski definition) is 7. The largest absolute Gasteiger partial charge is 0.473 e. The number of rotatable bonds is 7. The maximum Gasteiger partial charge on any atom is 0.416 e. The summed E-state index contributed by atoms with van der Waals surface area (Å²) in [5.41, 5.74) is -0.475. The molecule has 0 amide bonds. The molecule has 3 aromatic rings. The van der Waals surface area contributed by atoms with Crippen LogP contribution in [0.25, 0.3) is 0 Å². The fourth-order valence-corrected chi connectivity index (χ4v) is 5.88. The van der Waals surface area contributed by atoms with Gasteiger partial charge in [0.15, 0.2) is 0 Å². The van der Waals surface area contributed by atoms with Gasteiger partial charge in [-0.3, -0.25) is 4.72 Å². The van der Waals surface area contributed by atoms with Gasteiger partial charge >= 0.3 is 6.18 Å². The number of sulfonamides is 1. The minimum absolute atomic E-state index is 0.0390. The van der Waals surface area contributed by atoms with Crippen LogP contribution in [0.4, 0.5) is 23.4 Å². The molecule has 3 atom stereocenters. The quantitative estimate of drug-likeness (QED) is 0.421. The first-order valence-corrected chi connectivity index (χ1v) is 13.3. The summed E-state index contributed by atoms with van der Waals surface area (Å²) in [7, 11) is -0.278. The van der Waals surface area contributed by atoms with E-state index < -0.39 is 27.6 Å². The van der Waals surface area contributed by atoms with Crippen molar-refractivity contribution in [2.75, 3.05) is 18.8 Å². The predicted octanol–water partition coefficient (Wildman–Crippen LogP) is 4.78. The number of aryl methyl sites for hydroxylation is 1. The van der Waals surface area contributed by atoms with Crippen LogP contribution in [-0.2, 0) is 16.2 Å². The number of pyridine rings is 1. The van der Waals surface area contributed by atoms with Gasteiger partial charge in [-0.05, 0) is 82.1 Å². The highest BCUT2D eigenvalue weighted by Crippen LogP contribution is 2.39. The number of aromatic nitrogens is 3. The molecular weight excluding hydrogens is 526 g/mol. The third kappa shape index (κ3) is 6.38. The molecule has 0 spiro atoms. The average Bonchev–Trinajstić information content (AvgIpc) is 2.83. The molecule has 8 nitrogen and oxygen atoms in total. The lowest BCUT2D eigenvalue weighted by atomic mass is 9.79. The Labute approximate surface area is 218 Å². The summed E-state index contributed by atoms with van der Waals surface area (Å²) in [6, 6.07) is 6.75. The average molecular weight is 554 g/mol. The Kier molecular flexibility index (Phi) is 7.88. The second-order valence-electron chi connectivity index (χ2n) is 9.40. The third-order valence-electron chi connectivity index (χ3n) is 6.53. The summed E-state index contributed by atoms with van der Waals surface area (Å²) < 4.78 is 87.8. The first kappa shape index (κ1) is 27.7. The SMILES string of the molecule is Cc1nc(O[C@H]2CC[C@H](c3cc(F)cc(C(F)(F)F)c3)C[C@@H]2N(C)C)ccc1S(=O)(=O)Nc1ccncn1.